The number of aliphatic hydroxyl groups excluding tert-OH is 1. The van der Waals surface area contributed by atoms with Gasteiger partial charge < -0.3 is 15.4 Å². The van der Waals surface area contributed by atoms with E-state index in [4.69, 9.17) is 0 Å². The average Bonchev–Trinajstić information content (AvgIpc) is 2.97. The Hall–Kier alpha value is -2.14. The van der Waals surface area contributed by atoms with E-state index in [0.29, 0.717) is 18.4 Å². The first-order valence-electron chi connectivity index (χ1n) is 7.00. The number of amides is 1. The summed E-state index contributed by atoms with van der Waals surface area (Å²) in [5, 5.41) is 12.5. The number of H-pyrrole nitrogens is 1. The van der Waals surface area contributed by atoms with E-state index in [0.717, 1.165) is 5.56 Å². The number of aromatic nitrogens is 1. The molecule has 0 aliphatic heterocycles. The van der Waals surface area contributed by atoms with Gasteiger partial charge in [0.1, 0.15) is 5.82 Å². The molecule has 1 amide bonds. The van der Waals surface area contributed by atoms with Crippen molar-refractivity contribution in [3.63, 3.8) is 0 Å². The van der Waals surface area contributed by atoms with Gasteiger partial charge in [-0.05, 0) is 42.5 Å². The third-order valence-corrected chi connectivity index (χ3v) is 4.00. The van der Waals surface area contributed by atoms with Gasteiger partial charge in [-0.1, -0.05) is 12.1 Å². The number of benzene rings is 1. The van der Waals surface area contributed by atoms with Gasteiger partial charge in [0.2, 0.25) is 0 Å². The fourth-order valence-corrected chi connectivity index (χ4v) is 2.74. The lowest BCUT2D eigenvalue weighted by molar-refractivity contribution is 0.0235. The molecule has 5 heteroatoms. The summed E-state index contributed by atoms with van der Waals surface area (Å²) in [6, 6.07) is 7.63. The molecular formula is C16H17FN2O2. The minimum absolute atomic E-state index is 0.174. The first-order valence-corrected chi connectivity index (χ1v) is 7.00. The van der Waals surface area contributed by atoms with Crippen LogP contribution in [0.5, 0.6) is 0 Å². The van der Waals surface area contributed by atoms with E-state index in [-0.39, 0.29) is 29.8 Å². The Bertz CT molecular complexity index is 604. The van der Waals surface area contributed by atoms with Crippen LogP contribution in [0, 0.1) is 11.7 Å². The van der Waals surface area contributed by atoms with Crippen LogP contribution in [0.2, 0.25) is 0 Å². The number of carbonyl (C=O) groups is 1. The van der Waals surface area contributed by atoms with E-state index in [1.165, 1.54) is 12.1 Å². The van der Waals surface area contributed by atoms with Crippen molar-refractivity contribution in [2.45, 2.75) is 25.0 Å². The lowest BCUT2D eigenvalue weighted by Gasteiger charge is -2.38. The monoisotopic (exact) mass is 288 g/mol. The minimum atomic E-state index is -0.304. The molecule has 3 N–H and O–H groups in total. The van der Waals surface area contributed by atoms with Crippen molar-refractivity contribution in [1.29, 1.82) is 0 Å². The second-order valence-corrected chi connectivity index (χ2v) is 5.49. The molecule has 2 aromatic rings. The second kappa shape index (κ2) is 5.69. The molecule has 1 aromatic carbocycles. The number of aliphatic hydroxyl groups is 1. The predicted molar refractivity (Wildman–Crippen MR) is 76.1 cm³/mol. The van der Waals surface area contributed by atoms with Gasteiger partial charge in [0.15, 0.2) is 0 Å². The van der Waals surface area contributed by atoms with Gasteiger partial charge in [0.05, 0.1) is 17.7 Å². The van der Waals surface area contributed by atoms with Crippen molar-refractivity contribution in [1.82, 2.24) is 10.3 Å². The molecule has 1 aliphatic rings. The molecule has 0 saturated heterocycles. The Morgan fingerprint density at radius 1 is 1.29 bits per heavy atom. The number of hydrogen-bond acceptors (Lipinski definition) is 2. The van der Waals surface area contributed by atoms with Crippen LogP contribution in [0.4, 0.5) is 4.39 Å². The van der Waals surface area contributed by atoms with Crippen LogP contribution in [0.25, 0.3) is 0 Å². The molecular weight excluding hydrogens is 271 g/mol. The zero-order chi connectivity index (χ0) is 14.8. The highest BCUT2D eigenvalue weighted by Crippen LogP contribution is 2.38. The fourth-order valence-electron chi connectivity index (χ4n) is 2.74. The van der Waals surface area contributed by atoms with Crippen molar-refractivity contribution in [2.75, 3.05) is 0 Å². The molecule has 1 fully saturated rings. The van der Waals surface area contributed by atoms with Crippen molar-refractivity contribution in [2.24, 2.45) is 5.92 Å². The number of aromatic amines is 1. The van der Waals surface area contributed by atoms with E-state index >= 15 is 0 Å². The summed E-state index contributed by atoms with van der Waals surface area (Å²) in [5.74, 6) is -0.302. The zero-order valence-electron chi connectivity index (χ0n) is 11.4. The molecule has 0 bridgehead atoms. The van der Waals surface area contributed by atoms with Crippen LogP contribution in [-0.4, -0.2) is 22.1 Å². The van der Waals surface area contributed by atoms with Crippen LogP contribution in [0.15, 0.2) is 42.7 Å². The van der Waals surface area contributed by atoms with Crippen molar-refractivity contribution < 1.29 is 14.3 Å². The van der Waals surface area contributed by atoms with Gasteiger partial charge in [-0.2, -0.15) is 0 Å². The molecule has 1 atom stereocenters. The molecule has 1 aromatic heterocycles. The van der Waals surface area contributed by atoms with E-state index in [1.54, 1.807) is 30.6 Å². The lowest BCUT2D eigenvalue weighted by atomic mass is 9.75. The molecule has 110 valence electrons. The van der Waals surface area contributed by atoms with Crippen molar-refractivity contribution in [3.05, 3.63) is 59.7 Å². The maximum absolute atomic E-state index is 13.1. The topological polar surface area (TPSA) is 65.1 Å². The van der Waals surface area contributed by atoms with Gasteiger partial charge in [0.25, 0.3) is 5.91 Å². The predicted octanol–water partition coefficient (Wildman–Crippen LogP) is 2.40. The molecule has 21 heavy (non-hydrogen) atoms. The summed E-state index contributed by atoms with van der Waals surface area (Å²) in [6.45, 7) is 0. The van der Waals surface area contributed by atoms with E-state index in [2.05, 4.69) is 10.3 Å². The summed E-state index contributed by atoms with van der Waals surface area (Å²) in [7, 11) is 0. The number of halogens is 1. The third-order valence-electron chi connectivity index (χ3n) is 4.00. The largest absolute Gasteiger partial charge is 0.393 e. The summed E-state index contributed by atoms with van der Waals surface area (Å²) >= 11 is 0. The molecule has 1 aliphatic carbocycles. The Kier molecular flexibility index (Phi) is 3.75. The average molecular weight is 288 g/mol. The maximum Gasteiger partial charge on any atom is 0.253 e. The van der Waals surface area contributed by atoms with Crippen molar-refractivity contribution >= 4 is 5.91 Å². The molecule has 0 radical (unpaired) electrons. The van der Waals surface area contributed by atoms with Crippen LogP contribution in [0.3, 0.4) is 0 Å². The van der Waals surface area contributed by atoms with Crippen molar-refractivity contribution in [3.8, 4) is 0 Å². The number of nitrogens with one attached hydrogen (secondary N) is 2. The standard InChI is InChI=1S/C16H17FN2O2/c17-13-3-1-10(2-4-13)15(12-7-14(20)8-12)19-16(21)11-5-6-18-9-11/h1-6,9,12,14-15,18,20H,7-8H2,(H,19,21). The lowest BCUT2D eigenvalue weighted by Crippen LogP contribution is -2.41. The highest BCUT2D eigenvalue weighted by Gasteiger charge is 2.35. The Balaban J connectivity index is 1.79. The van der Waals surface area contributed by atoms with E-state index in [1.807, 2.05) is 0 Å². The number of hydrogen-bond donors (Lipinski definition) is 3. The first-order chi connectivity index (χ1) is 10.1. The maximum atomic E-state index is 13.1. The van der Waals surface area contributed by atoms with Crippen LogP contribution < -0.4 is 5.32 Å². The summed E-state index contributed by atoms with van der Waals surface area (Å²) in [6.07, 6.45) is 4.31. The van der Waals surface area contributed by atoms with Crippen LogP contribution in [0.1, 0.15) is 34.8 Å². The SMILES string of the molecule is O=C(NC(c1ccc(F)cc1)C1CC(O)C1)c1cc[nH]c1. The van der Waals surface area contributed by atoms with E-state index < -0.39 is 0 Å². The molecule has 4 nitrogen and oxygen atoms in total. The summed E-state index contributed by atoms with van der Waals surface area (Å²) < 4.78 is 13.1. The highest BCUT2D eigenvalue weighted by atomic mass is 19.1. The highest BCUT2D eigenvalue weighted by molar-refractivity contribution is 5.94. The minimum Gasteiger partial charge on any atom is -0.393 e. The Morgan fingerprint density at radius 2 is 2.00 bits per heavy atom. The Morgan fingerprint density at radius 3 is 2.57 bits per heavy atom. The molecule has 1 saturated carbocycles. The van der Waals surface area contributed by atoms with Gasteiger partial charge in [-0.15, -0.1) is 0 Å². The van der Waals surface area contributed by atoms with Gasteiger partial charge in [-0.25, -0.2) is 4.39 Å². The summed E-state index contributed by atoms with van der Waals surface area (Å²) in [5.41, 5.74) is 1.42. The van der Waals surface area contributed by atoms with Gasteiger partial charge in [0, 0.05) is 12.4 Å². The van der Waals surface area contributed by atoms with Crippen LogP contribution >= 0.6 is 0 Å². The van der Waals surface area contributed by atoms with Crippen LogP contribution in [-0.2, 0) is 0 Å². The van der Waals surface area contributed by atoms with Gasteiger partial charge in [-0.3, -0.25) is 4.79 Å². The molecule has 1 unspecified atom stereocenters. The smallest absolute Gasteiger partial charge is 0.253 e. The molecule has 1 heterocycles. The van der Waals surface area contributed by atoms with Gasteiger partial charge >= 0.3 is 0 Å². The zero-order valence-corrected chi connectivity index (χ0v) is 11.4. The fraction of sp³-hybridized carbons (Fsp3) is 0.312. The number of carbonyl (C=O) groups excluding carboxylic acids is 1. The van der Waals surface area contributed by atoms with E-state index in [9.17, 15) is 14.3 Å². The summed E-state index contributed by atoms with van der Waals surface area (Å²) in [4.78, 5) is 15.1. The number of rotatable bonds is 4. The second-order valence-electron chi connectivity index (χ2n) is 5.49. The normalized spacial score (nSPS) is 22.4. The third kappa shape index (κ3) is 2.97. The Labute approximate surface area is 122 Å². The quantitative estimate of drug-likeness (QED) is 0.809. The molecule has 0 spiro atoms. The molecule has 3 rings (SSSR count). The first kappa shape index (κ1) is 13.8.